The van der Waals surface area contributed by atoms with Gasteiger partial charge in [0.05, 0.1) is 11.6 Å². The average Bonchev–Trinajstić information content (AvgIpc) is 2.98. The van der Waals surface area contributed by atoms with E-state index in [2.05, 4.69) is 10.6 Å². The Balaban J connectivity index is 2.01. The van der Waals surface area contributed by atoms with Crippen LogP contribution in [-0.4, -0.2) is 17.9 Å². The zero-order valence-corrected chi connectivity index (χ0v) is 13.9. The molecule has 0 saturated heterocycles. The van der Waals surface area contributed by atoms with Crippen molar-refractivity contribution in [3.05, 3.63) is 52.4 Å². The van der Waals surface area contributed by atoms with E-state index in [0.29, 0.717) is 10.6 Å². The molecule has 0 aliphatic rings. The van der Waals surface area contributed by atoms with Crippen LogP contribution < -0.4 is 16.4 Å². The first-order valence-electron chi connectivity index (χ1n) is 7.18. The summed E-state index contributed by atoms with van der Waals surface area (Å²) in [4.78, 5) is 23.5. The zero-order chi connectivity index (χ0) is 17.9. The maximum Gasteiger partial charge on any atom is 0.251 e. The molecular formula is C16H17F2N3O2S. The minimum Gasteiger partial charge on any atom is -0.366 e. The minimum atomic E-state index is -0.942. The van der Waals surface area contributed by atoms with Gasteiger partial charge in [-0.3, -0.25) is 14.9 Å². The van der Waals surface area contributed by atoms with Gasteiger partial charge in [0.15, 0.2) is 11.6 Å². The fraction of sp³-hybridized carbons (Fsp3) is 0.250. The van der Waals surface area contributed by atoms with Gasteiger partial charge in [0.1, 0.15) is 5.00 Å². The number of nitrogens with one attached hydrogen (secondary N) is 2. The maximum atomic E-state index is 13.3. The first kappa shape index (κ1) is 18.0. The molecule has 0 spiro atoms. The zero-order valence-electron chi connectivity index (χ0n) is 13.1. The van der Waals surface area contributed by atoms with Crippen molar-refractivity contribution in [2.24, 2.45) is 5.73 Å². The number of halogens is 2. The Morgan fingerprint density at radius 3 is 2.50 bits per heavy atom. The molecule has 1 aromatic heterocycles. The van der Waals surface area contributed by atoms with Gasteiger partial charge in [-0.25, -0.2) is 8.78 Å². The Labute approximate surface area is 141 Å². The van der Waals surface area contributed by atoms with Gasteiger partial charge in [0, 0.05) is 6.04 Å². The van der Waals surface area contributed by atoms with Crippen molar-refractivity contribution in [1.29, 1.82) is 0 Å². The van der Waals surface area contributed by atoms with Crippen LogP contribution in [0.15, 0.2) is 29.6 Å². The molecule has 4 N–H and O–H groups in total. The molecule has 1 heterocycles. The lowest BCUT2D eigenvalue weighted by Crippen LogP contribution is -2.39. The second-order valence-corrected chi connectivity index (χ2v) is 6.22. The minimum absolute atomic E-state index is 0.245. The molecule has 2 amide bonds. The largest absolute Gasteiger partial charge is 0.366 e. The SMILES string of the molecule is C[C@H](N[C@H](C)C(=O)Nc1sccc1C(N)=O)c1ccc(F)c(F)c1. The standard InChI is InChI=1S/C16H17F2N3O2S/c1-8(10-3-4-12(17)13(18)7-10)20-9(2)15(23)21-16-11(14(19)22)5-6-24-16/h3-9,20H,1-2H3,(H2,19,22)(H,21,23)/t8-,9+/m0/s1. The highest BCUT2D eigenvalue weighted by Crippen LogP contribution is 2.23. The third kappa shape index (κ3) is 4.15. The van der Waals surface area contributed by atoms with E-state index in [9.17, 15) is 18.4 Å². The van der Waals surface area contributed by atoms with E-state index in [0.717, 1.165) is 12.1 Å². The molecule has 2 rings (SSSR count). The molecule has 128 valence electrons. The molecular weight excluding hydrogens is 336 g/mol. The summed E-state index contributed by atoms with van der Waals surface area (Å²) < 4.78 is 26.3. The van der Waals surface area contributed by atoms with Gasteiger partial charge in [-0.05, 0) is 43.0 Å². The van der Waals surface area contributed by atoms with Crippen LogP contribution in [0.3, 0.4) is 0 Å². The van der Waals surface area contributed by atoms with Crippen molar-refractivity contribution in [1.82, 2.24) is 5.32 Å². The number of amides is 2. The van der Waals surface area contributed by atoms with Crippen LogP contribution in [0.5, 0.6) is 0 Å². The first-order valence-corrected chi connectivity index (χ1v) is 8.06. The summed E-state index contributed by atoms with van der Waals surface area (Å²) in [6.45, 7) is 3.36. The third-order valence-corrected chi connectivity index (χ3v) is 4.33. The Morgan fingerprint density at radius 1 is 1.17 bits per heavy atom. The summed E-state index contributed by atoms with van der Waals surface area (Å²) in [6.07, 6.45) is 0. The van der Waals surface area contributed by atoms with E-state index in [1.807, 2.05) is 0 Å². The number of benzene rings is 1. The van der Waals surface area contributed by atoms with E-state index in [1.165, 1.54) is 23.5 Å². The molecule has 0 radical (unpaired) electrons. The molecule has 0 saturated carbocycles. The van der Waals surface area contributed by atoms with Gasteiger partial charge in [-0.15, -0.1) is 11.3 Å². The summed E-state index contributed by atoms with van der Waals surface area (Å²) in [5.74, 6) is -2.85. The Bertz CT molecular complexity index is 764. The summed E-state index contributed by atoms with van der Waals surface area (Å²) in [6, 6.07) is 4.10. The predicted molar refractivity (Wildman–Crippen MR) is 88.8 cm³/mol. The third-order valence-electron chi connectivity index (χ3n) is 3.50. The summed E-state index contributed by atoms with van der Waals surface area (Å²) >= 11 is 1.19. The number of hydrogen-bond donors (Lipinski definition) is 3. The summed E-state index contributed by atoms with van der Waals surface area (Å²) in [5, 5.41) is 7.65. The van der Waals surface area contributed by atoms with Crippen molar-refractivity contribution in [2.45, 2.75) is 25.9 Å². The molecule has 1 aromatic carbocycles. The van der Waals surface area contributed by atoms with Crippen molar-refractivity contribution in [3.63, 3.8) is 0 Å². The Morgan fingerprint density at radius 2 is 1.88 bits per heavy atom. The van der Waals surface area contributed by atoms with Crippen LogP contribution in [0.2, 0.25) is 0 Å². The second kappa shape index (κ2) is 7.50. The predicted octanol–water partition coefficient (Wildman–Crippen LogP) is 2.80. The van der Waals surface area contributed by atoms with Gasteiger partial charge in [-0.1, -0.05) is 6.07 Å². The lowest BCUT2D eigenvalue weighted by Gasteiger charge is -2.20. The van der Waals surface area contributed by atoms with Gasteiger partial charge in [0.2, 0.25) is 5.91 Å². The van der Waals surface area contributed by atoms with Gasteiger partial charge >= 0.3 is 0 Å². The molecule has 24 heavy (non-hydrogen) atoms. The number of thiophene rings is 1. The lowest BCUT2D eigenvalue weighted by molar-refractivity contribution is -0.117. The number of carbonyl (C=O) groups excluding carboxylic acids is 2. The molecule has 0 unspecified atom stereocenters. The van der Waals surface area contributed by atoms with E-state index >= 15 is 0 Å². The molecule has 2 aromatic rings. The highest BCUT2D eigenvalue weighted by atomic mass is 32.1. The quantitative estimate of drug-likeness (QED) is 0.747. The molecule has 8 heteroatoms. The number of primary amides is 1. The van der Waals surface area contributed by atoms with Gasteiger partial charge in [0.25, 0.3) is 5.91 Å². The van der Waals surface area contributed by atoms with Crippen LogP contribution in [0.25, 0.3) is 0 Å². The van der Waals surface area contributed by atoms with Gasteiger partial charge in [-0.2, -0.15) is 0 Å². The highest BCUT2D eigenvalue weighted by molar-refractivity contribution is 7.14. The molecule has 0 bridgehead atoms. The fourth-order valence-corrected chi connectivity index (χ4v) is 2.94. The normalized spacial score (nSPS) is 13.3. The molecule has 5 nitrogen and oxygen atoms in total. The molecule has 0 fully saturated rings. The fourth-order valence-electron chi connectivity index (χ4n) is 2.15. The topological polar surface area (TPSA) is 84.2 Å². The Kier molecular flexibility index (Phi) is 5.63. The molecule has 0 aliphatic carbocycles. The summed E-state index contributed by atoms with van der Waals surface area (Å²) in [7, 11) is 0. The maximum absolute atomic E-state index is 13.3. The smallest absolute Gasteiger partial charge is 0.251 e. The number of rotatable bonds is 6. The lowest BCUT2D eigenvalue weighted by atomic mass is 10.1. The van der Waals surface area contributed by atoms with E-state index in [4.69, 9.17) is 5.73 Å². The van der Waals surface area contributed by atoms with Crippen molar-refractivity contribution in [2.75, 3.05) is 5.32 Å². The van der Waals surface area contributed by atoms with E-state index in [1.54, 1.807) is 19.2 Å². The van der Waals surface area contributed by atoms with Crippen LogP contribution >= 0.6 is 11.3 Å². The monoisotopic (exact) mass is 353 g/mol. The van der Waals surface area contributed by atoms with E-state index in [-0.39, 0.29) is 17.5 Å². The first-order chi connectivity index (χ1) is 11.3. The highest BCUT2D eigenvalue weighted by Gasteiger charge is 2.19. The summed E-state index contributed by atoms with van der Waals surface area (Å²) in [5.41, 5.74) is 5.99. The number of anilines is 1. The average molecular weight is 353 g/mol. The Hall–Kier alpha value is -2.32. The van der Waals surface area contributed by atoms with Crippen LogP contribution in [0.1, 0.15) is 35.8 Å². The number of carbonyl (C=O) groups is 2. The van der Waals surface area contributed by atoms with E-state index < -0.39 is 23.6 Å². The molecule has 2 atom stereocenters. The van der Waals surface area contributed by atoms with Crippen molar-refractivity contribution >= 4 is 28.2 Å². The van der Waals surface area contributed by atoms with Crippen LogP contribution in [0, 0.1) is 11.6 Å². The molecule has 0 aliphatic heterocycles. The number of nitrogens with two attached hydrogens (primary N) is 1. The van der Waals surface area contributed by atoms with Crippen molar-refractivity contribution < 1.29 is 18.4 Å². The van der Waals surface area contributed by atoms with Gasteiger partial charge < -0.3 is 11.1 Å². The second-order valence-electron chi connectivity index (χ2n) is 5.30. The van der Waals surface area contributed by atoms with Crippen LogP contribution in [0.4, 0.5) is 13.8 Å². The van der Waals surface area contributed by atoms with Crippen LogP contribution in [-0.2, 0) is 4.79 Å². The van der Waals surface area contributed by atoms with Crippen molar-refractivity contribution in [3.8, 4) is 0 Å². The number of hydrogen-bond acceptors (Lipinski definition) is 4.